The van der Waals surface area contributed by atoms with Crippen LogP contribution in [0.4, 0.5) is 4.79 Å². The Morgan fingerprint density at radius 2 is 1.34 bits per heavy atom. The van der Waals surface area contributed by atoms with Crippen LogP contribution in [0.5, 0.6) is 11.5 Å². The maximum Gasteiger partial charge on any atom is 0.317 e. The van der Waals surface area contributed by atoms with Gasteiger partial charge in [-0.25, -0.2) is 4.79 Å². The summed E-state index contributed by atoms with van der Waals surface area (Å²) < 4.78 is 10.4. The van der Waals surface area contributed by atoms with Gasteiger partial charge in [0.1, 0.15) is 11.5 Å². The molecule has 0 atom stereocenters. The number of rotatable bonds is 8. The highest BCUT2D eigenvalue weighted by molar-refractivity contribution is 5.74. The topological polar surface area (TPSA) is 54.0 Å². The molecule has 0 aromatic heterocycles. The van der Waals surface area contributed by atoms with E-state index in [4.69, 9.17) is 9.47 Å². The average Bonchev–Trinajstić information content (AvgIpc) is 2.78. The molecule has 1 heterocycles. The number of hydrogen-bond acceptors (Lipinski definition) is 4. The minimum Gasteiger partial charge on any atom is -0.497 e. The lowest BCUT2D eigenvalue weighted by Crippen LogP contribution is -2.52. The van der Waals surface area contributed by atoms with E-state index in [2.05, 4.69) is 22.3 Å². The molecule has 0 saturated carbocycles. The second-order valence-corrected chi connectivity index (χ2v) is 7.26. The van der Waals surface area contributed by atoms with Crippen LogP contribution in [0.25, 0.3) is 0 Å². The summed E-state index contributed by atoms with van der Waals surface area (Å²) in [5, 5.41) is 3.04. The van der Waals surface area contributed by atoms with Crippen molar-refractivity contribution in [2.75, 3.05) is 53.5 Å². The molecule has 1 aliphatic rings. The van der Waals surface area contributed by atoms with Crippen molar-refractivity contribution in [3.8, 4) is 11.5 Å². The highest BCUT2D eigenvalue weighted by Crippen LogP contribution is 2.13. The molecule has 6 nitrogen and oxygen atoms in total. The number of piperazine rings is 1. The van der Waals surface area contributed by atoms with Gasteiger partial charge in [0.25, 0.3) is 0 Å². The second-order valence-electron chi connectivity index (χ2n) is 7.26. The fourth-order valence-corrected chi connectivity index (χ4v) is 3.47. The van der Waals surface area contributed by atoms with Gasteiger partial charge in [-0.1, -0.05) is 24.3 Å². The number of ether oxygens (including phenoxy) is 2. The molecule has 2 aromatic carbocycles. The minimum atomic E-state index is 0.0355. The molecule has 6 heteroatoms. The van der Waals surface area contributed by atoms with Crippen LogP contribution >= 0.6 is 0 Å². The van der Waals surface area contributed by atoms with Crippen LogP contribution in [0.2, 0.25) is 0 Å². The molecule has 0 unspecified atom stereocenters. The predicted octanol–water partition coefficient (Wildman–Crippen LogP) is 2.82. The van der Waals surface area contributed by atoms with Gasteiger partial charge >= 0.3 is 6.03 Å². The van der Waals surface area contributed by atoms with Gasteiger partial charge in [-0.3, -0.25) is 4.90 Å². The fourth-order valence-electron chi connectivity index (χ4n) is 3.47. The van der Waals surface area contributed by atoms with E-state index in [1.807, 2.05) is 41.3 Å². The van der Waals surface area contributed by atoms with E-state index in [-0.39, 0.29) is 6.03 Å². The Labute approximate surface area is 173 Å². The molecule has 0 aliphatic carbocycles. The standard InChI is InChI=1S/C23H31N3O3/c1-28-21-7-3-19(4-8-21)11-13-24-23(27)26-17-15-25(16-18-26)14-12-20-5-9-22(29-2)10-6-20/h3-10H,11-18H2,1-2H3,(H,24,27). The Kier molecular flexibility index (Phi) is 7.76. The van der Waals surface area contributed by atoms with Crippen LogP contribution in [-0.4, -0.2) is 69.3 Å². The maximum absolute atomic E-state index is 12.4. The van der Waals surface area contributed by atoms with Crippen LogP contribution in [0.1, 0.15) is 11.1 Å². The summed E-state index contributed by atoms with van der Waals surface area (Å²) in [4.78, 5) is 16.7. The molecule has 29 heavy (non-hydrogen) atoms. The van der Waals surface area contributed by atoms with Gasteiger partial charge in [0, 0.05) is 39.3 Å². The van der Waals surface area contributed by atoms with E-state index in [0.717, 1.165) is 57.1 Å². The summed E-state index contributed by atoms with van der Waals surface area (Å²) in [6.07, 6.45) is 1.83. The lowest BCUT2D eigenvalue weighted by molar-refractivity contribution is 0.140. The van der Waals surface area contributed by atoms with E-state index in [1.165, 1.54) is 11.1 Å². The SMILES string of the molecule is COc1ccc(CCNC(=O)N2CCN(CCc3ccc(OC)cc3)CC2)cc1. The second kappa shape index (κ2) is 10.7. The van der Waals surface area contributed by atoms with Gasteiger partial charge < -0.3 is 19.7 Å². The van der Waals surface area contributed by atoms with Gasteiger partial charge in [-0.15, -0.1) is 0 Å². The molecule has 1 aliphatic heterocycles. The van der Waals surface area contributed by atoms with E-state index in [9.17, 15) is 4.79 Å². The van der Waals surface area contributed by atoms with Crippen molar-refractivity contribution in [2.45, 2.75) is 12.8 Å². The zero-order valence-electron chi connectivity index (χ0n) is 17.4. The van der Waals surface area contributed by atoms with E-state index in [1.54, 1.807) is 14.2 Å². The first kappa shape index (κ1) is 21.0. The predicted molar refractivity (Wildman–Crippen MR) is 115 cm³/mol. The summed E-state index contributed by atoms with van der Waals surface area (Å²) >= 11 is 0. The van der Waals surface area contributed by atoms with Crippen LogP contribution < -0.4 is 14.8 Å². The van der Waals surface area contributed by atoms with Crippen molar-refractivity contribution in [1.29, 1.82) is 0 Å². The van der Waals surface area contributed by atoms with Crippen molar-refractivity contribution in [2.24, 2.45) is 0 Å². The Morgan fingerprint density at radius 3 is 1.86 bits per heavy atom. The molecule has 1 fully saturated rings. The Balaban J connectivity index is 1.33. The number of carbonyl (C=O) groups excluding carboxylic acids is 1. The average molecular weight is 398 g/mol. The third-order valence-corrected chi connectivity index (χ3v) is 5.38. The molecular weight excluding hydrogens is 366 g/mol. The summed E-state index contributed by atoms with van der Waals surface area (Å²) in [5.41, 5.74) is 2.50. The molecule has 1 saturated heterocycles. The smallest absolute Gasteiger partial charge is 0.317 e. The largest absolute Gasteiger partial charge is 0.497 e. The molecule has 0 radical (unpaired) electrons. The number of nitrogens with one attached hydrogen (secondary N) is 1. The van der Waals surface area contributed by atoms with E-state index >= 15 is 0 Å². The minimum absolute atomic E-state index is 0.0355. The quantitative estimate of drug-likeness (QED) is 0.744. The number of amides is 2. The molecule has 0 bridgehead atoms. The van der Waals surface area contributed by atoms with E-state index < -0.39 is 0 Å². The third-order valence-electron chi connectivity index (χ3n) is 5.38. The number of hydrogen-bond donors (Lipinski definition) is 1. The monoisotopic (exact) mass is 397 g/mol. The lowest BCUT2D eigenvalue weighted by Gasteiger charge is -2.34. The number of nitrogens with zero attached hydrogens (tertiary/aromatic N) is 2. The highest BCUT2D eigenvalue weighted by atomic mass is 16.5. The zero-order valence-corrected chi connectivity index (χ0v) is 17.4. The van der Waals surface area contributed by atoms with E-state index in [0.29, 0.717) is 6.54 Å². The number of methoxy groups -OCH3 is 2. The highest BCUT2D eigenvalue weighted by Gasteiger charge is 2.20. The van der Waals surface area contributed by atoms with Gasteiger partial charge in [0.05, 0.1) is 14.2 Å². The normalized spacial score (nSPS) is 14.5. The van der Waals surface area contributed by atoms with Crippen molar-refractivity contribution in [3.05, 3.63) is 59.7 Å². The van der Waals surface area contributed by atoms with Crippen molar-refractivity contribution >= 4 is 6.03 Å². The van der Waals surface area contributed by atoms with Gasteiger partial charge in [-0.05, 0) is 48.2 Å². The first-order chi connectivity index (χ1) is 14.2. The number of urea groups is 1. The first-order valence-electron chi connectivity index (χ1n) is 10.2. The van der Waals surface area contributed by atoms with Crippen molar-refractivity contribution in [3.63, 3.8) is 0 Å². The molecule has 2 amide bonds. The molecule has 2 aromatic rings. The van der Waals surface area contributed by atoms with Crippen LogP contribution in [0, 0.1) is 0 Å². The fraction of sp³-hybridized carbons (Fsp3) is 0.435. The molecule has 156 valence electrons. The molecular formula is C23H31N3O3. The van der Waals surface area contributed by atoms with Crippen LogP contribution in [0.15, 0.2) is 48.5 Å². The van der Waals surface area contributed by atoms with Crippen LogP contribution in [0.3, 0.4) is 0 Å². The van der Waals surface area contributed by atoms with Crippen molar-refractivity contribution in [1.82, 2.24) is 15.1 Å². The molecule has 3 rings (SSSR count). The molecule has 0 spiro atoms. The van der Waals surface area contributed by atoms with Gasteiger partial charge in [0.2, 0.25) is 0 Å². The number of benzene rings is 2. The summed E-state index contributed by atoms with van der Waals surface area (Å²) in [7, 11) is 3.35. The van der Waals surface area contributed by atoms with Gasteiger partial charge in [0.15, 0.2) is 0 Å². The number of carbonyl (C=O) groups is 1. The Morgan fingerprint density at radius 1 is 0.828 bits per heavy atom. The van der Waals surface area contributed by atoms with Crippen LogP contribution in [-0.2, 0) is 12.8 Å². The lowest BCUT2D eigenvalue weighted by atomic mass is 10.1. The van der Waals surface area contributed by atoms with Crippen molar-refractivity contribution < 1.29 is 14.3 Å². The summed E-state index contributed by atoms with van der Waals surface area (Å²) in [5.74, 6) is 1.74. The summed E-state index contributed by atoms with van der Waals surface area (Å²) in [6, 6.07) is 16.2. The maximum atomic E-state index is 12.4. The van der Waals surface area contributed by atoms with Gasteiger partial charge in [-0.2, -0.15) is 0 Å². The summed E-state index contributed by atoms with van der Waals surface area (Å²) in [6.45, 7) is 5.04. The first-order valence-corrected chi connectivity index (χ1v) is 10.2. The zero-order chi connectivity index (χ0) is 20.5. The third kappa shape index (κ3) is 6.39. The molecule has 1 N–H and O–H groups in total. The Hall–Kier alpha value is -2.73. The Bertz CT molecular complexity index is 754.